The van der Waals surface area contributed by atoms with Gasteiger partial charge in [0.1, 0.15) is 0 Å². The zero-order chi connectivity index (χ0) is 7.56. The van der Waals surface area contributed by atoms with E-state index in [1.54, 1.807) is 0 Å². The standard InChI is InChI=1S/C7H7FNO/c1-10-7-3-2-5(9)4-6(7)8/h2-4,9H,1H3. The first-order valence-electron chi connectivity index (χ1n) is 2.79. The highest BCUT2D eigenvalue weighted by Crippen LogP contribution is 2.18. The molecular weight excluding hydrogens is 133 g/mol. The topological polar surface area (TPSA) is 33.0 Å². The zero-order valence-corrected chi connectivity index (χ0v) is 5.52. The summed E-state index contributed by atoms with van der Waals surface area (Å²) >= 11 is 0. The van der Waals surface area contributed by atoms with Crippen LogP contribution in [0.3, 0.4) is 0 Å². The molecule has 0 aliphatic heterocycles. The number of ether oxygens (including phenoxy) is 1. The highest BCUT2D eigenvalue weighted by Gasteiger charge is 1.99. The molecule has 3 heteroatoms. The predicted molar refractivity (Wildman–Crippen MR) is 35.7 cm³/mol. The van der Waals surface area contributed by atoms with Crippen molar-refractivity contribution in [1.82, 2.24) is 5.73 Å². The Bertz CT molecular complexity index is 237. The monoisotopic (exact) mass is 140 g/mol. The van der Waals surface area contributed by atoms with Gasteiger partial charge in [-0.1, -0.05) is 0 Å². The summed E-state index contributed by atoms with van der Waals surface area (Å²) in [6.07, 6.45) is 0. The zero-order valence-electron chi connectivity index (χ0n) is 5.52. The smallest absolute Gasteiger partial charge is 0.167 e. The summed E-state index contributed by atoms with van der Waals surface area (Å²) < 4.78 is 17.2. The normalized spacial score (nSPS) is 9.40. The van der Waals surface area contributed by atoms with Crippen LogP contribution >= 0.6 is 0 Å². The van der Waals surface area contributed by atoms with E-state index in [1.165, 1.54) is 19.2 Å². The summed E-state index contributed by atoms with van der Waals surface area (Å²) in [7, 11) is 1.39. The van der Waals surface area contributed by atoms with Crippen molar-refractivity contribution < 1.29 is 9.13 Å². The maximum absolute atomic E-state index is 12.6. The van der Waals surface area contributed by atoms with Crippen molar-refractivity contribution in [2.24, 2.45) is 0 Å². The van der Waals surface area contributed by atoms with E-state index < -0.39 is 5.82 Å². The van der Waals surface area contributed by atoms with Gasteiger partial charge in [-0.3, -0.25) is 0 Å². The van der Waals surface area contributed by atoms with Gasteiger partial charge < -0.3 is 10.5 Å². The molecule has 0 bridgehead atoms. The Kier molecular flexibility index (Phi) is 1.76. The summed E-state index contributed by atoms with van der Waals surface area (Å²) in [5, 5.41) is 0. The second-order valence-corrected chi connectivity index (χ2v) is 1.85. The van der Waals surface area contributed by atoms with Gasteiger partial charge in [-0.05, 0) is 12.1 Å². The molecule has 10 heavy (non-hydrogen) atoms. The third kappa shape index (κ3) is 1.18. The maximum Gasteiger partial charge on any atom is 0.167 e. The molecule has 1 aromatic carbocycles. The summed E-state index contributed by atoms with van der Waals surface area (Å²) in [5.74, 6) is -0.314. The van der Waals surface area contributed by atoms with Gasteiger partial charge in [0.2, 0.25) is 0 Å². The number of halogens is 1. The van der Waals surface area contributed by atoms with Crippen LogP contribution in [0, 0.1) is 5.82 Å². The van der Waals surface area contributed by atoms with Gasteiger partial charge >= 0.3 is 0 Å². The van der Waals surface area contributed by atoms with Crippen molar-refractivity contribution in [3.05, 3.63) is 24.0 Å². The van der Waals surface area contributed by atoms with E-state index in [-0.39, 0.29) is 11.4 Å². The van der Waals surface area contributed by atoms with Crippen molar-refractivity contribution in [1.29, 1.82) is 0 Å². The molecular formula is C7H7FNO. The number of rotatable bonds is 1. The Labute approximate surface area is 58.4 Å². The van der Waals surface area contributed by atoms with Crippen LogP contribution < -0.4 is 10.5 Å². The fourth-order valence-corrected chi connectivity index (χ4v) is 0.666. The lowest BCUT2D eigenvalue weighted by Crippen LogP contribution is -1.86. The van der Waals surface area contributed by atoms with Crippen LogP contribution in [0.25, 0.3) is 0 Å². The fraction of sp³-hybridized carbons (Fsp3) is 0.143. The van der Waals surface area contributed by atoms with Crippen LogP contribution in [-0.4, -0.2) is 7.11 Å². The highest BCUT2D eigenvalue weighted by molar-refractivity contribution is 5.39. The fourth-order valence-electron chi connectivity index (χ4n) is 0.666. The Morgan fingerprint density at radius 2 is 2.20 bits per heavy atom. The quantitative estimate of drug-likeness (QED) is 0.584. The van der Waals surface area contributed by atoms with Crippen molar-refractivity contribution in [3.63, 3.8) is 0 Å². The molecule has 0 spiro atoms. The molecule has 1 rings (SSSR count). The Morgan fingerprint density at radius 3 is 2.70 bits per heavy atom. The second-order valence-electron chi connectivity index (χ2n) is 1.85. The van der Waals surface area contributed by atoms with Crippen LogP contribution in [-0.2, 0) is 0 Å². The van der Waals surface area contributed by atoms with Crippen molar-refractivity contribution in [2.45, 2.75) is 0 Å². The first-order chi connectivity index (χ1) is 4.74. The van der Waals surface area contributed by atoms with Crippen LogP contribution in [0.5, 0.6) is 5.75 Å². The summed E-state index contributed by atoms with van der Waals surface area (Å²) in [6, 6.07) is 4.01. The molecule has 0 aliphatic carbocycles. The van der Waals surface area contributed by atoms with E-state index in [9.17, 15) is 4.39 Å². The third-order valence-corrected chi connectivity index (χ3v) is 1.15. The van der Waals surface area contributed by atoms with Crippen LogP contribution in [0.15, 0.2) is 18.2 Å². The minimum atomic E-state index is -0.491. The summed E-state index contributed by atoms with van der Waals surface area (Å²) in [5.41, 5.74) is 7.16. The average Bonchev–Trinajstić information content (AvgIpc) is 1.88. The number of nitrogens with one attached hydrogen (secondary N) is 1. The van der Waals surface area contributed by atoms with E-state index >= 15 is 0 Å². The minimum Gasteiger partial charge on any atom is -0.494 e. The van der Waals surface area contributed by atoms with Gasteiger partial charge in [-0.15, -0.1) is 0 Å². The van der Waals surface area contributed by atoms with Gasteiger partial charge in [-0.2, -0.15) is 0 Å². The SMILES string of the molecule is COc1ccc([NH])cc1F. The molecule has 1 radical (unpaired) electrons. The molecule has 1 N–H and O–H groups in total. The van der Waals surface area contributed by atoms with Crippen LogP contribution in [0.2, 0.25) is 0 Å². The molecule has 1 aromatic rings. The lowest BCUT2D eigenvalue weighted by Gasteiger charge is -1.99. The predicted octanol–water partition coefficient (Wildman–Crippen LogP) is 1.75. The van der Waals surface area contributed by atoms with E-state index in [0.29, 0.717) is 0 Å². The minimum absolute atomic E-state index is 0.151. The molecule has 0 heterocycles. The molecule has 0 aliphatic rings. The second kappa shape index (κ2) is 2.56. The van der Waals surface area contributed by atoms with E-state index in [1.807, 2.05) is 0 Å². The van der Waals surface area contributed by atoms with Crippen LogP contribution in [0.4, 0.5) is 10.1 Å². The molecule has 2 nitrogen and oxygen atoms in total. The molecule has 0 saturated heterocycles. The molecule has 53 valence electrons. The number of methoxy groups -OCH3 is 1. The lowest BCUT2D eigenvalue weighted by atomic mass is 10.3. The molecule has 0 fully saturated rings. The highest BCUT2D eigenvalue weighted by atomic mass is 19.1. The molecule has 0 unspecified atom stereocenters. The van der Waals surface area contributed by atoms with E-state index in [0.717, 1.165) is 6.07 Å². The van der Waals surface area contributed by atoms with Gasteiger partial charge in [-0.25, -0.2) is 4.39 Å². The number of hydrogen-bond donors (Lipinski definition) is 0. The number of hydrogen-bond acceptors (Lipinski definition) is 1. The molecule has 0 aromatic heterocycles. The first-order valence-corrected chi connectivity index (χ1v) is 2.79. The largest absolute Gasteiger partial charge is 0.494 e. The summed E-state index contributed by atoms with van der Waals surface area (Å²) in [4.78, 5) is 0. The van der Waals surface area contributed by atoms with Crippen molar-refractivity contribution in [3.8, 4) is 5.75 Å². The van der Waals surface area contributed by atoms with E-state index in [4.69, 9.17) is 5.73 Å². The van der Waals surface area contributed by atoms with Gasteiger partial charge in [0.05, 0.1) is 12.8 Å². The first kappa shape index (κ1) is 6.86. The molecule has 0 amide bonds. The van der Waals surface area contributed by atoms with Gasteiger partial charge in [0, 0.05) is 6.07 Å². The van der Waals surface area contributed by atoms with Crippen LogP contribution in [0.1, 0.15) is 0 Å². The third-order valence-electron chi connectivity index (χ3n) is 1.15. The molecule has 0 saturated carbocycles. The Balaban J connectivity index is 3.07. The lowest BCUT2D eigenvalue weighted by molar-refractivity contribution is 0.386. The number of benzene rings is 1. The average molecular weight is 140 g/mol. The van der Waals surface area contributed by atoms with E-state index in [2.05, 4.69) is 4.74 Å². The Hall–Kier alpha value is -1.25. The Morgan fingerprint density at radius 1 is 1.50 bits per heavy atom. The maximum atomic E-state index is 12.6. The summed E-state index contributed by atoms with van der Waals surface area (Å²) in [6.45, 7) is 0. The van der Waals surface area contributed by atoms with Crippen molar-refractivity contribution in [2.75, 3.05) is 7.11 Å². The van der Waals surface area contributed by atoms with Gasteiger partial charge in [0.25, 0.3) is 0 Å². The molecule has 0 atom stereocenters. The van der Waals surface area contributed by atoms with Gasteiger partial charge in [0.15, 0.2) is 11.6 Å². The van der Waals surface area contributed by atoms with Crippen molar-refractivity contribution >= 4 is 5.69 Å².